The van der Waals surface area contributed by atoms with E-state index in [1.807, 2.05) is 0 Å². The van der Waals surface area contributed by atoms with E-state index in [0.717, 1.165) is 6.54 Å². The average molecular weight is 284 g/mol. The monoisotopic (exact) mass is 284 g/mol. The fourth-order valence-corrected chi connectivity index (χ4v) is 2.34. The molecular formula is C11H11IN+. The number of para-hydroxylation sites is 1. The Labute approximate surface area is 91.5 Å². The lowest BCUT2D eigenvalue weighted by molar-refractivity contribution is -0.680. The van der Waals surface area contributed by atoms with Gasteiger partial charge >= 0.3 is 0 Å². The Balaban J connectivity index is 2.84. The van der Waals surface area contributed by atoms with Gasteiger partial charge in [-0.3, -0.25) is 0 Å². The predicted molar refractivity (Wildman–Crippen MR) is 62.5 cm³/mol. The van der Waals surface area contributed by atoms with E-state index < -0.39 is 0 Å². The minimum Gasteiger partial charge on any atom is -0.187 e. The fourth-order valence-electron chi connectivity index (χ4n) is 1.56. The molecular weight excluding hydrogens is 273 g/mol. The molecule has 2 aromatic rings. The molecule has 0 saturated heterocycles. The van der Waals surface area contributed by atoms with Crippen LogP contribution < -0.4 is 4.57 Å². The van der Waals surface area contributed by atoms with E-state index in [0.29, 0.717) is 0 Å². The molecule has 2 heteroatoms. The predicted octanol–water partition coefficient (Wildman–Crippen LogP) is 2.75. The molecule has 0 unspecified atom stereocenters. The van der Waals surface area contributed by atoms with Gasteiger partial charge < -0.3 is 0 Å². The van der Waals surface area contributed by atoms with Gasteiger partial charge in [-0.1, -0.05) is 12.1 Å². The van der Waals surface area contributed by atoms with Crippen molar-refractivity contribution in [2.75, 3.05) is 0 Å². The minimum absolute atomic E-state index is 1.03. The van der Waals surface area contributed by atoms with E-state index in [1.54, 1.807) is 0 Å². The van der Waals surface area contributed by atoms with Crippen LogP contribution in [0.5, 0.6) is 0 Å². The van der Waals surface area contributed by atoms with Gasteiger partial charge in [-0.05, 0) is 19.1 Å². The number of aryl methyl sites for hydroxylation is 1. The van der Waals surface area contributed by atoms with Crippen LogP contribution in [0.25, 0.3) is 10.9 Å². The molecule has 0 fully saturated rings. The smallest absolute Gasteiger partial charge is 0.187 e. The molecule has 0 atom stereocenters. The molecule has 0 saturated carbocycles. The number of aromatic nitrogens is 1. The zero-order valence-corrected chi connectivity index (χ0v) is 9.65. The van der Waals surface area contributed by atoms with Crippen molar-refractivity contribution in [3.63, 3.8) is 0 Å². The van der Waals surface area contributed by atoms with Crippen LogP contribution in [-0.4, -0.2) is 0 Å². The number of rotatable bonds is 1. The summed E-state index contributed by atoms with van der Waals surface area (Å²) in [4.78, 5) is 0. The number of pyridine rings is 1. The van der Waals surface area contributed by atoms with Crippen molar-refractivity contribution in [2.24, 2.45) is 0 Å². The molecule has 2 rings (SSSR count). The highest BCUT2D eigenvalue weighted by Crippen LogP contribution is 2.11. The van der Waals surface area contributed by atoms with E-state index in [1.165, 1.54) is 14.6 Å². The SMILES string of the molecule is CC[n+]1c(I)ccc2ccccc21. The third-order valence-corrected chi connectivity index (χ3v) is 3.14. The first kappa shape index (κ1) is 8.94. The third-order valence-electron chi connectivity index (χ3n) is 2.20. The average Bonchev–Trinajstić information content (AvgIpc) is 2.18. The molecule has 66 valence electrons. The molecule has 0 bridgehead atoms. The van der Waals surface area contributed by atoms with Gasteiger partial charge in [-0.2, -0.15) is 4.57 Å². The number of nitrogens with zero attached hydrogens (tertiary/aromatic N) is 1. The molecule has 0 N–H and O–H groups in total. The van der Waals surface area contributed by atoms with Gasteiger partial charge in [0.05, 0.1) is 0 Å². The Hall–Kier alpha value is -0.640. The summed E-state index contributed by atoms with van der Waals surface area (Å²) in [6.07, 6.45) is 0. The lowest BCUT2D eigenvalue weighted by Gasteiger charge is -1.99. The van der Waals surface area contributed by atoms with E-state index >= 15 is 0 Å². The highest BCUT2D eigenvalue weighted by molar-refractivity contribution is 14.1. The molecule has 1 nitrogen and oxygen atoms in total. The van der Waals surface area contributed by atoms with Crippen LogP contribution in [0, 0.1) is 3.70 Å². The van der Waals surface area contributed by atoms with Crippen molar-refractivity contribution in [1.29, 1.82) is 0 Å². The van der Waals surface area contributed by atoms with E-state index in [9.17, 15) is 0 Å². The highest BCUT2D eigenvalue weighted by atomic mass is 127. The molecule has 13 heavy (non-hydrogen) atoms. The Morgan fingerprint density at radius 1 is 1.15 bits per heavy atom. The third kappa shape index (κ3) is 1.55. The summed E-state index contributed by atoms with van der Waals surface area (Å²) < 4.78 is 3.61. The first-order valence-corrected chi connectivity index (χ1v) is 5.48. The minimum atomic E-state index is 1.03. The van der Waals surface area contributed by atoms with Crippen molar-refractivity contribution >= 4 is 33.5 Å². The quantitative estimate of drug-likeness (QED) is 0.431. The second-order valence-corrected chi connectivity index (χ2v) is 4.06. The van der Waals surface area contributed by atoms with Gasteiger partial charge in [0.25, 0.3) is 0 Å². The van der Waals surface area contributed by atoms with Crippen molar-refractivity contribution in [2.45, 2.75) is 13.5 Å². The Morgan fingerprint density at radius 3 is 2.69 bits per heavy atom. The molecule has 0 amide bonds. The molecule has 0 aliphatic rings. The number of benzene rings is 1. The summed E-state index contributed by atoms with van der Waals surface area (Å²) in [5, 5.41) is 1.31. The molecule has 0 spiro atoms. The zero-order valence-electron chi connectivity index (χ0n) is 7.50. The molecule has 1 aromatic heterocycles. The van der Waals surface area contributed by atoms with Gasteiger partial charge in [-0.15, -0.1) is 0 Å². The molecule has 1 aromatic carbocycles. The van der Waals surface area contributed by atoms with Crippen LogP contribution in [0.15, 0.2) is 36.4 Å². The van der Waals surface area contributed by atoms with Crippen LogP contribution in [0.4, 0.5) is 0 Å². The topological polar surface area (TPSA) is 3.88 Å². The molecule has 1 heterocycles. The Kier molecular flexibility index (Phi) is 2.49. The van der Waals surface area contributed by atoms with E-state index in [4.69, 9.17) is 0 Å². The van der Waals surface area contributed by atoms with Gasteiger partial charge in [0, 0.05) is 40.1 Å². The molecule has 0 radical (unpaired) electrons. The standard InChI is InChI=1S/C11H11IN/c1-2-13-10-6-4-3-5-9(10)7-8-11(13)12/h3-8H,2H2,1H3/q+1. The zero-order chi connectivity index (χ0) is 9.26. The highest BCUT2D eigenvalue weighted by Gasteiger charge is 2.09. The summed E-state index contributed by atoms with van der Waals surface area (Å²) in [6, 6.07) is 12.8. The van der Waals surface area contributed by atoms with Crippen molar-refractivity contribution in [1.82, 2.24) is 0 Å². The molecule has 0 aliphatic carbocycles. The van der Waals surface area contributed by atoms with Crippen molar-refractivity contribution < 1.29 is 4.57 Å². The number of hydrogen-bond donors (Lipinski definition) is 0. The summed E-state index contributed by atoms with van der Waals surface area (Å²) in [7, 11) is 0. The summed E-state index contributed by atoms with van der Waals surface area (Å²) in [5.74, 6) is 0. The number of hydrogen-bond acceptors (Lipinski definition) is 0. The first-order valence-electron chi connectivity index (χ1n) is 4.40. The second-order valence-electron chi connectivity index (χ2n) is 2.96. The largest absolute Gasteiger partial charge is 0.241 e. The van der Waals surface area contributed by atoms with Gasteiger partial charge in [0.2, 0.25) is 9.22 Å². The van der Waals surface area contributed by atoms with Crippen molar-refractivity contribution in [3.05, 3.63) is 40.1 Å². The van der Waals surface area contributed by atoms with Gasteiger partial charge in [0.15, 0.2) is 0 Å². The van der Waals surface area contributed by atoms with Gasteiger partial charge in [0.1, 0.15) is 6.54 Å². The Bertz CT molecular complexity index is 437. The maximum Gasteiger partial charge on any atom is 0.241 e. The number of fused-ring (bicyclic) bond motifs is 1. The summed E-state index contributed by atoms with van der Waals surface area (Å²) >= 11 is 2.37. The maximum atomic E-state index is 2.37. The first-order chi connectivity index (χ1) is 6.33. The summed E-state index contributed by atoms with van der Waals surface area (Å²) in [5.41, 5.74) is 1.32. The lowest BCUT2D eigenvalue weighted by Crippen LogP contribution is -2.36. The van der Waals surface area contributed by atoms with Crippen LogP contribution >= 0.6 is 22.6 Å². The Morgan fingerprint density at radius 2 is 1.92 bits per heavy atom. The molecule has 0 aliphatic heterocycles. The fraction of sp³-hybridized carbons (Fsp3) is 0.182. The van der Waals surface area contributed by atoms with Crippen LogP contribution in [-0.2, 0) is 6.54 Å². The lowest BCUT2D eigenvalue weighted by atomic mass is 10.2. The van der Waals surface area contributed by atoms with Gasteiger partial charge in [-0.25, -0.2) is 0 Å². The van der Waals surface area contributed by atoms with E-state index in [2.05, 4.69) is 70.5 Å². The van der Waals surface area contributed by atoms with E-state index in [-0.39, 0.29) is 0 Å². The van der Waals surface area contributed by atoms with Crippen LogP contribution in [0.3, 0.4) is 0 Å². The summed E-state index contributed by atoms with van der Waals surface area (Å²) in [6.45, 7) is 3.20. The number of halogens is 1. The maximum absolute atomic E-state index is 2.37. The van der Waals surface area contributed by atoms with Crippen LogP contribution in [0.1, 0.15) is 6.92 Å². The normalized spacial score (nSPS) is 10.6. The van der Waals surface area contributed by atoms with Crippen molar-refractivity contribution in [3.8, 4) is 0 Å². The second kappa shape index (κ2) is 3.62. The van der Waals surface area contributed by atoms with Crippen LogP contribution in [0.2, 0.25) is 0 Å².